The molecule has 0 saturated carbocycles. The Kier molecular flexibility index (Phi) is 8.17. The quantitative estimate of drug-likeness (QED) is 0.551. The third-order valence-corrected chi connectivity index (χ3v) is 7.41. The molecule has 1 fully saturated rings. The Bertz CT molecular complexity index is 966. The molecule has 2 N–H and O–H groups in total. The third-order valence-electron chi connectivity index (χ3n) is 5.13. The van der Waals surface area contributed by atoms with Gasteiger partial charge < -0.3 is 4.74 Å². The number of thiazole rings is 1. The lowest BCUT2D eigenvalue weighted by molar-refractivity contribution is 0.102. The lowest BCUT2D eigenvalue weighted by Crippen LogP contribution is -2.38. The van der Waals surface area contributed by atoms with Gasteiger partial charge in [-0.15, -0.1) is 11.3 Å². The van der Waals surface area contributed by atoms with E-state index >= 15 is 0 Å². The van der Waals surface area contributed by atoms with Crippen molar-refractivity contribution in [1.82, 2.24) is 14.6 Å². The van der Waals surface area contributed by atoms with Gasteiger partial charge in [-0.05, 0) is 42.5 Å². The second-order valence-electron chi connectivity index (χ2n) is 8.15. The molecule has 0 bridgehead atoms. The average Bonchev–Trinajstić information content (AvgIpc) is 3.14. The fourth-order valence-electron chi connectivity index (χ4n) is 3.90. The molecular weight excluding hydrogens is 436 g/mol. The Hall–Kier alpha value is -1.85. The molecule has 2 aromatic rings. The average molecular weight is 467 g/mol. The zero-order chi connectivity index (χ0) is 22.4. The molecule has 1 aromatic heterocycles. The van der Waals surface area contributed by atoms with E-state index in [1.807, 2.05) is 5.38 Å². The van der Waals surface area contributed by atoms with E-state index in [-0.39, 0.29) is 24.0 Å². The van der Waals surface area contributed by atoms with Crippen LogP contribution in [0.25, 0.3) is 0 Å². The Labute approximate surface area is 188 Å². The van der Waals surface area contributed by atoms with Crippen LogP contribution in [0.2, 0.25) is 0 Å². The zero-order valence-corrected chi connectivity index (χ0v) is 19.8. The number of anilines is 1. The molecule has 1 amide bonds. The summed E-state index contributed by atoms with van der Waals surface area (Å²) in [4.78, 5) is 19.6. The Morgan fingerprint density at radius 1 is 1.23 bits per heavy atom. The first-order valence-electron chi connectivity index (χ1n) is 10.3. The van der Waals surface area contributed by atoms with Crippen LogP contribution >= 0.6 is 11.3 Å². The van der Waals surface area contributed by atoms with Crippen LogP contribution in [-0.4, -0.2) is 57.6 Å². The summed E-state index contributed by atoms with van der Waals surface area (Å²) in [6, 6.07) is 5.81. The molecule has 170 valence electrons. The summed E-state index contributed by atoms with van der Waals surface area (Å²) in [6.45, 7) is 7.94. The van der Waals surface area contributed by atoms with Crippen molar-refractivity contribution in [1.29, 1.82) is 0 Å². The van der Waals surface area contributed by atoms with Crippen LogP contribution in [0, 0.1) is 11.8 Å². The van der Waals surface area contributed by atoms with Crippen LogP contribution in [0.5, 0.6) is 0 Å². The summed E-state index contributed by atoms with van der Waals surface area (Å²) < 4.78 is 31.7. The second-order valence-corrected chi connectivity index (χ2v) is 10.8. The Balaban J connectivity index is 1.57. The van der Waals surface area contributed by atoms with E-state index in [0.29, 0.717) is 22.5 Å². The normalized spacial score (nSPS) is 20.0. The summed E-state index contributed by atoms with van der Waals surface area (Å²) >= 11 is 1.39. The minimum atomic E-state index is -3.63. The number of hydrogen-bond donors (Lipinski definition) is 2. The Morgan fingerprint density at radius 3 is 2.55 bits per heavy atom. The van der Waals surface area contributed by atoms with Crippen molar-refractivity contribution in [3.05, 3.63) is 40.9 Å². The van der Waals surface area contributed by atoms with Gasteiger partial charge in [0.25, 0.3) is 5.91 Å². The van der Waals surface area contributed by atoms with Crippen LogP contribution in [0.3, 0.4) is 0 Å². The van der Waals surface area contributed by atoms with Crippen LogP contribution in [-0.2, 0) is 21.3 Å². The molecule has 2 heterocycles. The molecular formula is C21H30N4O4S2. The van der Waals surface area contributed by atoms with Gasteiger partial charge in [0.05, 0.1) is 17.2 Å². The van der Waals surface area contributed by atoms with Gasteiger partial charge in [-0.2, -0.15) is 0 Å². The first-order valence-corrected chi connectivity index (χ1v) is 12.7. The molecule has 2 unspecified atom stereocenters. The van der Waals surface area contributed by atoms with Crippen molar-refractivity contribution in [2.75, 3.05) is 38.7 Å². The van der Waals surface area contributed by atoms with Crippen molar-refractivity contribution in [2.45, 2.75) is 31.7 Å². The maximum atomic E-state index is 12.5. The smallest absolute Gasteiger partial charge is 0.257 e. The number of methoxy groups -OCH3 is 1. The number of likely N-dealkylation sites (tertiary alicyclic amines) is 1. The van der Waals surface area contributed by atoms with E-state index in [9.17, 15) is 13.2 Å². The number of nitrogens with one attached hydrogen (secondary N) is 2. The summed E-state index contributed by atoms with van der Waals surface area (Å²) in [6.07, 6.45) is 1.26. The maximum absolute atomic E-state index is 12.5. The maximum Gasteiger partial charge on any atom is 0.257 e. The highest BCUT2D eigenvalue weighted by Crippen LogP contribution is 2.24. The van der Waals surface area contributed by atoms with Gasteiger partial charge in [-0.1, -0.05) is 13.8 Å². The van der Waals surface area contributed by atoms with E-state index in [0.717, 1.165) is 25.3 Å². The summed E-state index contributed by atoms with van der Waals surface area (Å²) in [5, 5.41) is 5.31. The molecule has 1 aromatic carbocycles. The monoisotopic (exact) mass is 466 g/mol. The SMILES string of the molecule is COCCNS(=O)(=O)c1ccc(C(=O)Nc2nc(CN3CC(C)CC(C)C3)cs2)cc1. The first kappa shape index (κ1) is 23.8. The molecule has 1 aliphatic heterocycles. The number of ether oxygens (including phenoxy) is 1. The van der Waals surface area contributed by atoms with Crippen molar-refractivity contribution in [3.8, 4) is 0 Å². The molecule has 31 heavy (non-hydrogen) atoms. The number of carbonyl (C=O) groups is 1. The summed E-state index contributed by atoms with van der Waals surface area (Å²) in [7, 11) is -2.13. The lowest BCUT2D eigenvalue weighted by atomic mass is 9.92. The molecule has 8 nitrogen and oxygen atoms in total. The van der Waals surface area contributed by atoms with E-state index in [1.165, 1.54) is 49.1 Å². The van der Waals surface area contributed by atoms with E-state index in [1.54, 1.807) is 0 Å². The number of rotatable bonds is 9. The molecule has 0 aliphatic carbocycles. The fraction of sp³-hybridized carbons (Fsp3) is 0.524. The van der Waals surface area contributed by atoms with Gasteiger partial charge in [0, 0.05) is 44.2 Å². The van der Waals surface area contributed by atoms with Crippen molar-refractivity contribution < 1.29 is 17.9 Å². The highest BCUT2D eigenvalue weighted by molar-refractivity contribution is 7.89. The van der Waals surface area contributed by atoms with Gasteiger partial charge >= 0.3 is 0 Å². The number of piperidine rings is 1. The topological polar surface area (TPSA) is 101 Å². The zero-order valence-electron chi connectivity index (χ0n) is 18.1. The molecule has 2 atom stereocenters. The summed E-state index contributed by atoms with van der Waals surface area (Å²) in [5.41, 5.74) is 1.32. The molecule has 1 aliphatic rings. The largest absolute Gasteiger partial charge is 0.383 e. The first-order chi connectivity index (χ1) is 14.8. The molecule has 0 spiro atoms. The number of aromatic nitrogens is 1. The number of amides is 1. The fourth-order valence-corrected chi connectivity index (χ4v) is 5.61. The van der Waals surface area contributed by atoms with Gasteiger partial charge in [0.15, 0.2) is 5.13 Å². The number of benzene rings is 1. The van der Waals surface area contributed by atoms with E-state index in [4.69, 9.17) is 4.74 Å². The molecule has 3 rings (SSSR count). The van der Waals surface area contributed by atoms with Gasteiger partial charge in [0.1, 0.15) is 0 Å². The number of nitrogens with zero attached hydrogens (tertiary/aromatic N) is 2. The summed E-state index contributed by atoms with van der Waals surface area (Å²) in [5.74, 6) is 1.05. The highest BCUT2D eigenvalue weighted by atomic mass is 32.2. The standard InChI is InChI=1S/C21H30N4O4S2/c1-15-10-16(2)12-25(11-15)13-18-14-30-21(23-18)24-20(26)17-4-6-19(7-5-17)31(27,28)22-8-9-29-3/h4-7,14-16,22H,8-13H2,1-3H3,(H,23,24,26). The van der Waals surface area contributed by atoms with Crippen molar-refractivity contribution in [2.24, 2.45) is 11.8 Å². The number of sulfonamides is 1. The van der Waals surface area contributed by atoms with Crippen molar-refractivity contribution >= 4 is 32.4 Å². The second kappa shape index (κ2) is 10.6. The predicted molar refractivity (Wildman–Crippen MR) is 122 cm³/mol. The number of hydrogen-bond acceptors (Lipinski definition) is 7. The van der Waals surface area contributed by atoms with Gasteiger partial charge in [0.2, 0.25) is 10.0 Å². The minimum Gasteiger partial charge on any atom is -0.383 e. The molecule has 0 radical (unpaired) electrons. The lowest BCUT2D eigenvalue weighted by Gasteiger charge is -2.34. The van der Waals surface area contributed by atoms with Crippen molar-refractivity contribution in [3.63, 3.8) is 0 Å². The predicted octanol–water partition coefficient (Wildman–Crippen LogP) is 2.80. The van der Waals surface area contributed by atoms with Gasteiger partial charge in [-0.3, -0.25) is 15.0 Å². The molecule has 1 saturated heterocycles. The molecule has 10 heteroatoms. The van der Waals surface area contributed by atoms with Crippen LogP contribution in [0.4, 0.5) is 5.13 Å². The number of carbonyl (C=O) groups excluding carboxylic acids is 1. The van der Waals surface area contributed by atoms with E-state index < -0.39 is 10.0 Å². The Morgan fingerprint density at radius 2 is 1.90 bits per heavy atom. The minimum absolute atomic E-state index is 0.0988. The highest BCUT2D eigenvalue weighted by Gasteiger charge is 2.22. The third kappa shape index (κ3) is 6.81. The van der Waals surface area contributed by atoms with Crippen LogP contribution < -0.4 is 10.0 Å². The van der Waals surface area contributed by atoms with Crippen LogP contribution in [0.1, 0.15) is 36.3 Å². The van der Waals surface area contributed by atoms with E-state index in [2.05, 4.69) is 33.8 Å². The van der Waals surface area contributed by atoms with Crippen LogP contribution in [0.15, 0.2) is 34.5 Å². The van der Waals surface area contributed by atoms with Gasteiger partial charge in [-0.25, -0.2) is 18.1 Å².